The van der Waals surface area contributed by atoms with Crippen molar-refractivity contribution in [2.75, 3.05) is 10.6 Å². The summed E-state index contributed by atoms with van der Waals surface area (Å²) in [5.41, 5.74) is 0.873. The molecular weight excluding hydrogens is 296 g/mol. The van der Waals surface area contributed by atoms with Crippen molar-refractivity contribution >= 4 is 40.8 Å². The largest absolute Gasteiger partial charge is 0.481 e. The van der Waals surface area contributed by atoms with Crippen LogP contribution < -0.4 is 10.6 Å². The van der Waals surface area contributed by atoms with Crippen molar-refractivity contribution in [3.8, 4) is 0 Å². The van der Waals surface area contributed by atoms with E-state index in [9.17, 15) is 14.4 Å². The summed E-state index contributed by atoms with van der Waals surface area (Å²) in [5.74, 6) is -3.17. The summed E-state index contributed by atoms with van der Waals surface area (Å²) in [4.78, 5) is 33.8. The lowest BCUT2D eigenvalue weighted by Crippen LogP contribution is -2.29. The molecule has 0 fully saturated rings. The molecule has 2 atom stereocenters. The van der Waals surface area contributed by atoms with Gasteiger partial charge in [0.25, 0.3) is 0 Å². The lowest BCUT2D eigenvalue weighted by atomic mass is 9.95. The average molecular weight is 313 g/mol. The number of carbonyl (C=O) groups is 3. The highest BCUT2D eigenvalue weighted by Crippen LogP contribution is 2.26. The smallest absolute Gasteiger partial charge is 0.307 e. The van der Waals surface area contributed by atoms with E-state index in [1.165, 1.54) is 19.9 Å². The van der Waals surface area contributed by atoms with Gasteiger partial charge in [-0.05, 0) is 18.2 Å². The number of halogens is 1. The summed E-state index contributed by atoms with van der Waals surface area (Å²) in [6.07, 6.45) is 0. The van der Waals surface area contributed by atoms with Crippen LogP contribution in [0.5, 0.6) is 0 Å². The summed E-state index contributed by atoms with van der Waals surface area (Å²) >= 11 is 5.99. The molecule has 0 aliphatic heterocycles. The normalized spacial score (nSPS) is 13.1. The number of carbonyl (C=O) groups excluding carboxylic acids is 2. The minimum Gasteiger partial charge on any atom is -0.481 e. The van der Waals surface area contributed by atoms with Crippen LogP contribution in [0.25, 0.3) is 0 Å². The topological polar surface area (TPSA) is 95.5 Å². The van der Waals surface area contributed by atoms with Crippen LogP contribution in [0.4, 0.5) is 11.4 Å². The molecular formula is C14H17ClN2O4. The molecule has 0 aromatic heterocycles. The standard InChI is InChI=1S/C14H17ClN2O4/c1-7(8(2)14(20)21)13(19)17-10-4-5-12(11(15)6-10)16-9(3)18/h4-8H,1-3H3,(H,16,18)(H,17,19)(H,20,21). The molecule has 0 heterocycles. The first kappa shape index (κ1) is 17.0. The second-order valence-electron chi connectivity index (χ2n) is 4.78. The zero-order valence-electron chi connectivity index (χ0n) is 11.9. The Morgan fingerprint density at radius 2 is 1.76 bits per heavy atom. The molecule has 0 radical (unpaired) electrons. The predicted octanol–water partition coefficient (Wildman–Crippen LogP) is 2.59. The minimum atomic E-state index is -1.03. The van der Waals surface area contributed by atoms with Crippen molar-refractivity contribution in [1.29, 1.82) is 0 Å². The van der Waals surface area contributed by atoms with E-state index in [4.69, 9.17) is 16.7 Å². The molecule has 2 unspecified atom stereocenters. The van der Waals surface area contributed by atoms with Crippen LogP contribution >= 0.6 is 11.6 Å². The molecule has 0 saturated carbocycles. The van der Waals surface area contributed by atoms with Gasteiger partial charge in [-0.3, -0.25) is 14.4 Å². The van der Waals surface area contributed by atoms with Gasteiger partial charge in [-0.1, -0.05) is 25.4 Å². The van der Waals surface area contributed by atoms with Gasteiger partial charge < -0.3 is 15.7 Å². The molecule has 114 valence electrons. The van der Waals surface area contributed by atoms with Crippen LogP contribution in [0.15, 0.2) is 18.2 Å². The Kier molecular flexibility index (Phi) is 5.72. The highest BCUT2D eigenvalue weighted by atomic mass is 35.5. The molecule has 1 aromatic carbocycles. The van der Waals surface area contributed by atoms with Crippen molar-refractivity contribution in [3.05, 3.63) is 23.2 Å². The Hall–Kier alpha value is -2.08. The molecule has 21 heavy (non-hydrogen) atoms. The Bertz CT molecular complexity index is 574. The van der Waals surface area contributed by atoms with Crippen molar-refractivity contribution in [2.45, 2.75) is 20.8 Å². The summed E-state index contributed by atoms with van der Waals surface area (Å²) in [5, 5.41) is 14.3. The lowest BCUT2D eigenvalue weighted by molar-refractivity contribution is -0.145. The minimum absolute atomic E-state index is 0.252. The fraction of sp³-hybridized carbons (Fsp3) is 0.357. The number of carboxylic acids is 1. The van der Waals surface area contributed by atoms with Crippen LogP contribution in [0, 0.1) is 11.8 Å². The van der Waals surface area contributed by atoms with Crippen molar-refractivity contribution in [3.63, 3.8) is 0 Å². The summed E-state index contributed by atoms with van der Waals surface area (Å²) in [6.45, 7) is 4.38. The maximum Gasteiger partial charge on any atom is 0.307 e. The Morgan fingerprint density at radius 1 is 1.14 bits per heavy atom. The van der Waals surface area contributed by atoms with Crippen LogP contribution in [0.2, 0.25) is 5.02 Å². The van der Waals surface area contributed by atoms with E-state index in [0.717, 1.165) is 0 Å². The van der Waals surface area contributed by atoms with E-state index < -0.39 is 23.7 Å². The summed E-state index contributed by atoms with van der Waals surface area (Å²) in [7, 11) is 0. The van der Waals surface area contributed by atoms with E-state index in [2.05, 4.69) is 10.6 Å². The highest BCUT2D eigenvalue weighted by molar-refractivity contribution is 6.34. The van der Waals surface area contributed by atoms with Gasteiger partial charge >= 0.3 is 5.97 Å². The number of aliphatic carboxylic acids is 1. The van der Waals surface area contributed by atoms with Gasteiger partial charge in [-0.15, -0.1) is 0 Å². The quantitative estimate of drug-likeness (QED) is 0.778. The predicted molar refractivity (Wildman–Crippen MR) is 80.3 cm³/mol. The van der Waals surface area contributed by atoms with Gasteiger partial charge in [0.05, 0.1) is 16.6 Å². The van der Waals surface area contributed by atoms with E-state index >= 15 is 0 Å². The number of hydrogen-bond acceptors (Lipinski definition) is 3. The Morgan fingerprint density at radius 3 is 2.24 bits per heavy atom. The first-order valence-electron chi connectivity index (χ1n) is 6.33. The third-order valence-electron chi connectivity index (χ3n) is 3.10. The molecule has 7 heteroatoms. The van der Waals surface area contributed by atoms with Crippen LogP contribution in [0.3, 0.4) is 0 Å². The third-order valence-corrected chi connectivity index (χ3v) is 3.41. The summed E-state index contributed by atoms with van der Waals surface area (Å²) in [6, 6.07) is 4.63. The maximum atomic E-state index is 11.9. The molecule has 3 N–H and O–H groups in total. The second-order valence-corrected chi connectivity index (χ2v) is 5.19. The van der Waals surface area contributed by atoms with Gasteiger partial charge in [0, 0.05) is 18.5 Å². The monoisotopic (exact) mass is 312 g/mol. The maximum absolute atomic E-state index is 11.9. The molecule has 0 spiro atoms. The zero-order valence-corrected chi connectivity index (χ0v) is 12.7. The van der Waals surface area contributed by atoms with Crippen LogP contribution in [-0.4, -0.2) is 22.9 Å². The number of hydrogen-bond donors (Lipinski definition) is 3. The number of anilines is 2. The van der Waals surface area contributed by atoms with Crippen molar-refractivity contribution in [1.82, 2.24) is 0 Å². The number of nitrogens with one attached hydrogen (secondary N) is 2. The first-order chi connectivity index (χ1) is 9.72. The first-order valence-corrected chi connectivity index (χ1v) is 6.71. The molecule has 0 bridgehead atoms. The van der Waals surface area contributed by atoms with Gasteiger partial charge in [0.15, 0.2) is 0 Å². The second kappa shape index (κ2) is 7.08. The molecule has 1 rings (SSSR count). The number of benzene rings is 1. The van der Waals surface area contributed by atoms with Crippen molar-refractivity contribution in [2.24, 2.45) is 11.8 Å². The molecule has 6 nitrogen and oxygen atoms in total. The molecule has 2 amide bonds. The third kappa shape index (κ3) is 4.75. The van der Waals surface area contributed by atoms with Crippen LogP contribution in [-0.2, 0) is 14.4 Å². The number of rotatable bonds is 5. The van der Waals surface area contributed by atoms with Crippen LogP contribution in [0.1, 0.15) is 20.8 Å². The van der Waals surface area contributed by atoms with E-state index in [-0.39, 0.29) is 10.9 Å². The van der Waals surface area contributed by atoms with E-state index in [0.29, 0.717) is 11.4 Å². The number of carboxylic acid groups (broad SMARTS) is 1. The fourth-order valence-electron chi connectivity index (χ4n) is 1.58. The molecule has 0 saturated heterocycles. The lowest BCUT2D eigenvalue weighted by Gasteiger charge is -2.16. The van der Waals surface area contributed by atoms with Gasteiger partial charge in [0.1, 0.15) is 0 Å². The molecule has 0 aliphatic carbocycles. The molecule has 0 aliphatic rings. The molecule has 1 aromatic rings. The van der Waals surface area contributed by atoms with Gasteiger partial charge in [-0.25, -0.2) is 0 Å². The van der Waals surface area contributed by atoms with Gasteiger partial charge in [-0.2, -0.15) is 0 Å². The Labute approximate surface area is 127 Å². The SMILES string of the molecule is CC(=O)Nc1ccc(NC(=O)C(C)C(C)C(=O)O)cc1Cl. The van der Waals surface area contributed by atoms with E-state index in [1.807, 2.05) is 0 Å². The fourth-order valence-corrected chi connectivity index (χ4v) is 1.81. The van der Waals surface area contributed by atoms with Crippen molar-refractivity contribution < 1.29 is 19.5 Å². The Balaban J connectivity index is 2.80. The average Bonchev–Trinajstić information content (AvgIpc) is 2.39. The number of amides is 2. The highest BCUT2D eigenvalue weighted by Gasteiger charge is 2.25. The summed E-state index contributed by atoms with van der Waals surface area (Å²) < 4.78 is 0. The zero-order chi connectivity index (χ0) is 16.2. The van der Waals surface area contributed by atoms with Gasteiger partial charge in [0.2, 0.25) is 11.8 Å². The van der Waals surface area contributed by atoms with E-state index in [1.54, 1.807) is 19.1 Å².